The highest BCUT2D eigenvalue weighted by molar-refractivity contribution is 5.79. The molecule has 0 aromatic heterocycles. The summed E-state index contributed by atoms with van der Waals surface area (Å²) in [5.74, 6) is 0.662. The standard InChI is InChI=1S/C17H23NO3/c1-17(2)15(13-7-4-8-21-16(13)17)18-14(20)10-11-5-3-6-12(19)9-11/h3,5-6,9,13,15-16,19H,4,7-8,10H2,1-2H3,(H,18,20). The average molecular weight is 289 g/mol. The highest BCUT2D eigenvalue weighted by Crippen LogP contribution is 2.51. The van der Waals surface area contributed by atoms with Crippen LogP contribution in [-0.2, 0) is 16.0 Å². The van der Waals surface area contributed by atoms with E-state index in [0.29, 0.717) is 12.3 Å². The van der Waals surface area contributed by atoms with Crippen molar-refractivity contribution in [3.05, 3.63) is 29.8 Å². The maximum Gasteiger partial charge on any atom is 0.224 e. The minimum Gasteiger partial charge on any atom is -0.508 e. The van der Waals surface area contributed by atoms with Gasteiger partial charge in [0.05, 0.1) is 12.5 Å². The van der Waals surface area contributed by atoms with E-state index in [4.69, 9.17) is 4.74 Å². The van der Waals surface area contributed by atoms with Crippen molar-refractivity contribution in [2.45, 2.75) is 45.3 Å². The predicted octanol–water partition coefficient (Wildman–Crippen LogP) is 2.25. The molecule has 3 unspecified atom stereocenters. The minimum atomic E-state index is -0.000423. The number of nitrogens with one attached hydrogen (secondary N) is 1. The van der Waals surface area contributed by atoms with Crippen LogP contribution >= 0.6 is 0 Å². The van der Waals surface area contributed by atoms with Crippen LogP contribution in [0.15, 0.2) is 24.3 Å². The number of benzene rings is 1. The molecule has 0 bridgehead atoms. The Hall–Kier alpha value is -1.55. The van der Waals surface area contributed by atoms with E-state index >= 15 is 0 Å². The molecule has 1 aliphatic heterocycles. The van der Waals surface area contributed by atoms with E-state index in [-0.39, 0.29) is 29.2 Å². The van der Waals surface area contributed by atoms with E-state index in [1.165, 1.54) is 0 Å². The molecule has 1 aromatic carbocycles. The summed E-state index contributed by atoms with van der Waals surface area (Å²) < 4.78 is 5.85. The fourth-order valence-electron chi connectivity index (χ4n) is 3.89. The molecule has 1 amide bonds. The van der Waals surface area contributed by atoms with Crippen LogP contribution < -0.4 is 5.32 Å². The van der Waals surface area contributed by atoms with Gasteiger partial charge in [0, 0.05) is 24.0 Å². The number of phenols is 1. The second-order valence-corrected chi connectivity index (χ2v) is 6.81. The number of carbonyl (C=O) groups is 1. The van der Waals surface area contributed by atoms with Gasteiger partial charge in [-0.3, -0.25) is 4.79 Å². The Kier molecular flexibility index (Phi) is 3.66. The zero-order chi connectivity index (χ0) is 15.0. The van der Waals surface area contributed by atoms with Gasteiger partial charge in [-0.05, 0) is 30.5 Å². The van der Waals surface area contributed by atoms with Gasteiger partial charge < -0.3 is 15.2 Å². The second kappa shape index (κ2) is 5.34. The van der Waals surface area contributed by atoms with E-state index < -0.39 is 0 Å². The van der Waals surface area contributed by atoms with Gasteiger partial charge in [0.2, 0.25) is 5.91 Å². The number of amides is 1. The molecule has 4 nitrogen and oxygen atoms in total. The Morgan fingerprint density at radius 2 is 2.29 bits per heavy atom. The number of hydrogen-bond donors (Lipinski definition) is 2. The van der Waals surface area contributed by atoms with Crippen molar-refractivity contribution in [2.24, 2.45) is 11.3 Å². The van der Waals surface area contributed by atoms with Crippen LogP contribution in [0.2, 0.25) is 0 Å². The van der Waals surface area contributed by atoms with Crippen molar-refractivity contribution >= 4 is 5.91 Å². The lowest BCUT2D eigenvalue weighted by molar-refractivity contribution is -0.193. The van der Waals surface area contributed by atoms with Crippen molar-refractivity contribution < 1.29 is 14.6 Å². The van der Waals surface area contributed by atoms with Gasteiger partial charge in [0.25, 0.3) is 0 Å². The van der Waals surface area contributed by atoms with Gasteiger partial charge in [-0.1, -0.05) is 26.0 Å². The summed E-state index contributed by atoms with van der Waals surface area (Å²) in [5.41, 5.74) is 0.834. The Labute approximate surface area is 125 Å². The van der Waals surface area contributed by atoms with Crippen LogP contribution in [0.1, 0.15) is 32.3 Å². The topological polar surface area (TPSA) is 58.6 Å². The molecule has 3 atom stereocenters. The third-order valence-electron chi connectivity index (χ3n) is 4.92. The van der Waals surface area contributed by atoms with Crippen molar-refractivity contribution in [3.8, 4) is 5.75 Å². The lowest BCUT2D eigenvalue weighted by Gasteiger charge is -2.59. The molecule has 0 spiro atoms. The molecule has 2 N–H and O–H groups in total. The van der Waals surface area contributed by atoms with E-state index in [1.54, 1.807) is 18.2 Å². The maximum atomic E-state index is 12.3. The summed E-state index contributed by atoms with van der Waals surface area (Å²) in [7, 11) is 0. The molecule has 2 aliphatic rings. The molecule has 21 heavy (non-hydrogen) atoms. The summed E-state index contributed by atoms with van der Waals surface area (Å²) in [6, 6.07) is 7.06. The number of aromatic hydroxyl groups is 1. The van der Waals surface area contributed by atoms with Gasteiger partial charge in [-0.15, -0.1) is 0 Å². The lowest BCUT2D eigenvalue weighted by Crippen LogP contribution is -2.70. The second-order valence-electron chi connectivity index (χ2n) is 6.81. The average Bonchev–Trinajstić information content (AvgIpc) is 2.45. The predicted molar refractivity (Wildman–Crippen MR) is 80.0 cm³/mol. The quantitative estimate of drug-likeness (QED) is 0.897. The molecule has 1 aliphatic carbocycles. The van der Waals surface area contributed by atoms with Crippen molar-refractivity contribution in [2.75, 3.05) is 6.61 Å². The van der Waals surface area contributed by atoms with E-state index in [9.17, 15) is 9.90 Å². The van der Waals surface area contributed by atoms with Crippen LogP contribution in [-0.4, -0.2) is 29.8 Å². The molecule has 4 heteroatoms. The van der Waals surface area contributed by atoms with Crippen LogP contribution in [0.4, 0.5) is 0 Å². The molecule has 1 aromatic rings. The number of ether oxygens (including phenoxy) is 1. The highest BCUT2D eigenvalue weighted by atomic mass is 16.5. The molecular weight excluding hydrogens is 266 g/mol. The zero-order valence-corrected chi connectivity index (χ0v) is 12.6. The highest BCUT2D eigenvalue weighted by Gasteiger charge is 2.58. The number of phenolic OH excluding ortho intramolecular Hbond substituents is 1. The van der Waals surface area contributed by atoms with Crippen molar-refractivity contribution in [3.63, 3.8) is 0 Å². The number of rotatable bonds is 3. The van der Waals surface area contributed by atoms with Crippen LogP contribution in [0.5, 0.6) is 5.75 Å². The van der Waals surface area contributed by atoms with E-state index in [2.05, 4.69) is 19.2 Å². The monoisotopic (exact) mass is 289 g/mol. The summed E-state index contributed by atoms with van der Waals surface area (Å²) >= 11 is 0. The molecular formula is C17H23NO3. The van der Waals surface area contributed by atoms with Crippen molar-refractivity contribution in [1.82, 2.24) is 5.32 Å². The molecule has 0 radical (unpaired) electrons. The van der Waals surface area contributed by atoms with Crippen LogP contribution in [0.3, 0.4) is 0 Å². The molecule has 114 valence electrons. The number of hydrogen-bond acceptors (Lipinski definition) is 3. The summed E-state index contributed by atoms with van der Waals surface area (Å²) in [6.07, 6.45) is 2.79. The molecule has 3 rings (SSSR count). The lowest BCUT2D eigenvalue weighted by atomic mass is 9.55. The first-order valence-electron chi connectivity index (χ1n) is 7.67. The van der Waals surface area contributed by atoms with E-state index in [0.717, 1.165) is 25.0 Å². The third kappa shape index (κ3) is 2.64. The first-order chi connectivity index (χ1) is 9.98. The van der Waals surface area contributed by atoms with Gasteiger partial charge in [-0.2, -0.15) is 0 Å². The Morgan fingerprint density at radius 1 is 1.48 bits per heavy atom. The normalized spacial score (nSPS) is 30.1. The Bertz CT molecular complexity index is 541. The Balaban J connectivity index is 1.62. The Morgan fingerprint density at radius 3 is 3.05 bits per heavy atom. The largest absolute Gasteiger partial charge is 0.508 e. The smallest absolute Gasteiger partial charge is 0.224 e. The molecule has 1 saturated heterocycles. The fourth-order valence-corrected chi connectivity index (χ4v) is 3.89. The molecule has 1 heterocycles. The van der Waals surface area contributed by atoms with Crippen LogP contribution in [0.25, 0.3) is 0 Å². The van der Waals surface area contributed by atoms with Gasteiger partial charge in [0.1, 0.15) is 5.75 Å². The van der Waals surface area contributed by atoms with Crippen molar-refractivity contribution in [1.29, 1.82) is 0 Å². The van der Waals surface area contributed by atoms with Crippen LogP contribution in [0, 0.1) is 11.3 Å². The maximum absolute atomic E-state index is 12.3. The summed E-state index contributed by atoms with van der Waals surface area (Å²) in [5, 5.41) is 12.6. The van der Waals surface area contributed by atoms with E-state index in [1.807, 2.05) is 6.07 Å². The summed E-state index contributed by atoms with van der Waals surface area (Å²) in [6.45, 7) is 5.17. The van der Waals surface area contributed by atoms with Gasteiger partial charge in [-0.25, -0.2) is 0 Å². The summed E-state index contributed by atoms with van der Waals surface area (Å²) in [4.78, 5) is 12.3. The number of fused-ring (bicyclic) bond motifs is 1. The third-order valence-corrected chi connectivity index (χ3v) is 4.92. The number of carbonyl (C=O) groups excluding carboxylic acids is 1. The minimum absolute atomic E-state index is 0.000423. The fraction of sp³-hybridized carbons (Fsp3) is 0.588. The SMILES string of the molecule is CC1(C)C(NC(=O)Cc2cccc(O)c2)C2CCCOC21. The first kappa shape index (κ1) is 14.4. The zero-order valence-electron chi connectivity index (χ0n) is 12.6. The van der Waals surface area contributed by atoms with Gasteiger partial charge >= 0.3 is 0 Å². The first-order valence-corrected chi connectivity index (χ1v) is 7.67. The molecule has 2 fully saturated rings. The van der Waals surface area contributed by atoms with Gasteiger partial charge in [0.15, 0.2) is 0 Å². The molecule has 1 saturated carbocycles.